The van der Waals surface area contributed by atoms with Gasteiger partial charge in [-0.15, -0.1) is 0 Å². The summed E-state index contributed by atoms with van der Waals surface area (Å²) >= 11 is 5.79. The van der Waals surface area contributed by atoms with E-state index in [4.69, 9.17) is 11.6 Å². The van der Waals surface area contributed by atoms with Gasteiger partial charge in [0.2, 0.25) is 0 Å². The Bertz CT molecular complexity index is 737. The van der Waals surface area contributed by atoms with Gasteiger partial charge in [0, 0.05) is 17.1 Å². The molecule has 2 heterocycles. The van der Waals surface area contributed by atoms with Crippen LogP contribution in [0.4, 0.5) is 19.0 Å². The highest BCUT2D eigenvalue weighted by atomic mass is 35.5. The lowest BCUT2D eigenvalue weighted by Crippen LogP contribution is -2.14. The summed E-state index contributed by atoms with van der Waals surface area (Å²) in [6.45, 7) is 2.78. The monoisotopic (exact) mass is 357 g/mol. The van der Waals surface area contributed by atoms with Crippen LogP contribution in [0, 0.1) is 0 Å². The van der Waals surface area contributed by atoms with Crippen LogP contribution in [-0.4, -0.2) is 16.3 Å². The normalized spacial score (nSPS) is 14.9. The van der Waals surface area contributed by atoms with Crippen molar-refractivity contribution in [2.75, 3.05) is 11.9 Å². The highest BCUT2D eigenvalue weighted by molar-refractivity contribution is 6.30. The molecule has 0 amide bonds. The Labute approximate surface area is 143 Å². The topological polar surface area (TPSA) is 29.9 Å². The maximum Gasteiger partial charge on any atom is 0.418 e. The first-order valence-electron chi connectivity index (χ1n) is 8.13. The van der Waals surface area contributed by atoms with E-state index in [-0.39, 0.29) is 10.7 Å². The number of anilines is 1. The lowest BCUT2D eigenvalue weighted by atomic mass is 10.1. The molecule has 0 atom stereocenters. The minimum Gasteiger partial charge on any atom is -0.370 e. The summed E-state index contributed by atoms with van der Waals surface area (Å²) in [5.41, 5.74) is 1.16. The number of nitrogens with zero attached hydrogens (tertiary/aromatic N) is 2. The number of hydrogen-bond acceptors (Lipinski definition) is 2. The first-order chi connectivity index (χ1) is 11.4. The molecule has 7 heteroatoms. The van der Waals surface area contributed by atoms with Crippen LogP contribution in [0.15, 0.2) is 18.2 Å². The number of aromatic nitrogens is 2. The lowest BCUT2D eigenvalue weighted by molar-refractivity contribution is -0.137. The average molecular weight is 358 g/mol. The zero-order chi connectivity index (χ0) is 17.3. The minimum absolute atomic E-state index is 0.0138. The molecule has 0 aliphatic carbocycles. The molecular formula is C17H19ClF3N3. The van der Waals surface area contributed by atoms with E-state index in [1.54, 1.807) is 0 Å². The van der Waals surface area contributed by atoms with E-state index < -0.39 is 11.7 Å². The van der Waals surface area contributed by atoms with Crippen LogP contribution < -0.4 is 5.32 Å². The summed E-state index contributed by atoms with van der Waals surface area (Å²) in [6, 6.07) is 3.82. The third-order valence-corrected chi connectivity index (χ3v) is 4.43. The third kappa shape index (κ3) is 3.24. The van der Waals surface area contributed by atoms with E-state index in [1.807, 2.05) is 6.92 Å². The lowest BCUT2D eigenvalue weighted by Gasteiger charge is -2.16. The van der Waals surface area contributed by atoms with Gasteiger partial charge >= 0.3 is 6.18 Å². The van der Waals surface area contributed by atoms with Gasteiger partial charge in [-0.2, -0.15) is 18.3 Å². The van der Waals surface area contributed by atoms with Crippen LogP contribution in [-0.2, 0) is 19.0 Å². The van der Waals surface area contributed by atoms with Crippen molar-refractivity contribution in [2.24, 2.45) is 0 Å². The Balaban J connectivity index is 2.20. The fourth-order valence-corrected chi connectivity index (χ4v) is 3.28. The Hall–Kier alpha value is -1.69. The Morgan fingerprint density at radius 2 is 2.08 bits per heavy atom. The number of nitrogens with one attached hydrogen (secondary N) is 1. The quantitative estimate of drug-likeness (QED) is 0.813. The number of halogens is 4. The Kier molecular flexibility index (Phi) is 4.76. The number of rotatable bonds is 3. The van der Waals surface area contributed by atoms with Crippen molar-refractivity contribution in [3.8, 4) is 5.69 Å². The maximum absolute atomic E-state index is 13.5. The summed E-state index contributed by atoms with van der Waals surface area (Å²) in [4.78, 5) is 0. The molecule has 24 heavy (non-hydrogen) atoms. The van der Waals surface area contributed by atoms with Crippen molar-refractivity contribution < 1.29 is 13.2 Å². The predicted molar refractivity (Wildman–Crippen MR) is 89.0 cm³/mol. The summed E-state index contributed by atoms with van der Waals surface area (Å²) in [7, 11) is 0. The molecule has 0 bridgehead atoms. The molecule has 0 unspecified atom stereocenters. The second-order valence-electron chi connectivity index (χ2n) is 5.98. The maximum atomic E-state index is 13.5. The van der Waals surface area contributed by atoms with Crippen molar-refractivity contribution in [3.05, 3.63) is 40.0 Å². The number of fused-ring (bicyclic) bond motifs is 1. The molecule has 3 rings (SSSR count). The second-order valence-corrected chi connectivity index (χ2v) is 6.42. The summed E-state index contributed by atoms with van der Waals surface area (Å²) in [6.07, 6.45) is 0.00558. The van der Waals surface area contributed by atoms with E-state index in [1.165, 1.54) is 16.8 Å². The Morgan fingerprint density at radius 3 is 2.79 bits per heavy atom. The first-order valence-corrected chi connectivity index (χ1v) is 8.51. The number of benzene rings is 1. The molecule has 2 aromatic rings. The molecule has 1 aliphatic heterocycles. The van der Waals surface area contributed by atoms with Gasteiger partial charge in [0.15, 0.2) is 0 Å². The van der Waals surface area contributed by atoms with Crippen molar-refractivity contribution in [1.82, 2.24) is 9.78 Å². The molecule has 1 N–H and O–H groups in total. The van der Waals surface area contributed by atoms with Gasteiger partial charge in [0.05, 0.1) is 16.9 Å². The molecule has 1 aromatic heterocycles. The largest absolute Gasteiger partial charge is 0.418 e. The first kappa shape index (κ1) is 17.1. The number of aryl methyl sites for hydroxylation is 1. The fourth-order valence-electron chi connectivity index (χ4n) is 3.11. The zero-order valence-corrected chi connectivity index (χ0v) is 14.1. The van der Waals surface area contributed by atoms with Crippen LogP contribution in [0.2, 0.25) is 5.02 Å². The summed E-state index contributed by atoms with van der Waals surface area (Å²) < 4.78 is 41.8. The molecular weight excluding hydrogens is 339 g/mol. The van der Waals surface area contributed by atoms with Crippen molar-refractivity contribution in [1.29, 1.82) is 0 Å². The SMILES string of the molecule is CCCc1nn(-c2ccc(Cl)cc2C(F)(F)F)c2c1CCCCN2. The number of hydrogen-bond donors (Lipinski definition) is 1. The standard InChI is InChI=1S/C17H19ClF3N3/c1-2-5-14-12-6-3-4-9-22-16(12)24(23-14)15-8-7-11(18)10-13(15)17(19,20)21/h7-8,10,22H,2-6,9H2,1H3. The predicted octanol–water partition coefficient (Wildman–Crippen LogP) is 5.25. The van der Waals surface area contributed by atoms with Gasteiger partial charge in [0.25, 0.3) is 0 Å². The van der Waals surface area contributed by atoms with Crippen LogP contribution in [0.3, 0.4) is 0 Å². The van der Waals surface area contributed by atoms with Crippen molar-refractivity contribution in [2.45, 2.75) is 45.2 Å². The van der Waals surface area contributed by atoms with Crippen LogP contribution in [0.1, 0.15) is 43.0 Å². The van der Waals surface area contributed by atoms with Gasteiger partial charge in [-0.3, -0.25) is 0 Å². The van der Waals surface area contributed by atoms with Crippen molar-refractivity contribution in [3.63, 3.8) is 0 Å². The molecule has 3 nitrogen and oxygen atoms in total. The smallest absolute Gasteiger partial charge is 0.370 e. The van der Waals surface area contributed by atoms with E-state index in [0.29, 0.717) is 5.82 Å². The molecule has 1 aromatic carbocycles. The zero-order valence-electron chi connectivity index (χ0n) is 13.4. The number of alkyl halides is 3. The molecule has 0 fully saturated rings. The van der Waals surface area contributed by atoms with Crippen molar-refractivity contribution >= 4 is 17.4 Å². The highest BCUT2D eigenvalue weighted by Crippen LogP contribution is 2.38. The van der Waals surface area contributed by atoms with Crippen LogP contribution >= 0.6 is 11.6 Å². The second kappa shape index (κ2) is 6.67. The highest BCUT2D eigenvalue weighted by Gasteiger charge is 2.35. The van der Waals surface area contributed by atoms with Crippen LogP contribution in [0.5, 0.6) is 0 Å². The van der Waals surface area contributed by atoms with E-state index >= 15 is 0 Å². The molecule has 130 valence electrons. The molecule has 0 saturated heterocycles. The van der Waals surface area contributed by atoms with Crippen LogP contribution in [0.25, 0.3) is 5.69 Å². The summed E-state index contributed by atoms with van der Waals surface area (Å²) in [5.74, 6) is 0.684. The van der Waals surface area contributed by atoms with Gasteiger partial charge in [0.1, 0.15) is 5.82 Å². The van der Waals surface area contributed by atoms with Gasteiger partial charge in [-0.1, -0.05) is 24.9 Å². The average Bonchev–Trinajstić information content (AvgIpc) is 2.70. The third-order valence-electron chi connectivity index (χ3n) is 4.19. The van der Waals surface area contributed by atoms with Gasteiger partial charge in [-0.25, -0.2) is 4.68 Å². The van der Waals surface area contributed by atoms with E-state index in [0.717, 1.165) is 56.0 Å². The van der Waals surface area contributed by atoms with E-state index in [2.05, 4.69) is 10.4 Å². The Morgan fingerprint density at radius 1 is 1.29 bits per heavy atom. The molecule has 0 saturated carbocycles. The minimum atomic E-state index is -4.49. The van der Waals surface area contributed by atoms with E-state index in [9.17, 15) is 13.2 Å². The molecule has 0 radical (unpaired) electrons. The summed E-state index contributed by atoms with van der Waals surface area (Å²) in [5, 5.41) is 7.83. The fraction of sp³-hybridized carbons (Fsp3) is 0.471. The van der Waals surface area contributed by atoms with Gasteiger partial charge < -0.3 is 5.32 Å². The van der Waals surface area contributed by atoms with Gasteiger partial charge in [-0.05, 0) is 43.9 Å². The molecule has 0 spiro atoms. The molecule has 1 aliphatic rings.